The highest BCUT2D eigenvalue weighted by atomic mass is 35.5. The largest absolute Gasteiger partial charge is 0.492 e. The van der Waals surface area contributed by atoms with E-state index in [0.29, 0.717) is 5.69 Å². The van der Waals surface area contributed by atoms with E-state index in [4.69, 9.17) is 43.5 Å². The van der Waals surface area contributed by atoms with Crippen LogP contribution in [0.3, 0.4) is 0 Å². The van der Waals surface area contributed by atoms with Crippen LogP contribution in [0.5, 0.6) is 5.75 Å². The number of anilines is 1. The molecule has 1 amide bonds. The van der Waals surface area contributed by atoms with Gasteiger partial charge in [-0.1, -0.05) is 37.0 Å². The Kier molecular flexibility index (Phi) is 11.9. The van der Waals surface area contributed by atoms with E-state index < -0.39 is 51.2 Å². The van der Waals surface area contributed by atoms with E-state index in [1.165, 1.54) is 26.4 Å². The van der Waals surface area contributed by atoms with Crippen molar-refractivity contribution in [2.24, 2.45) is 10.9 Å². The number of nitrogens with one attached hydrogen (secondary N) is 1. The molecule has 0 aliphatic carbocycles. The fraction of sp³-hybridized carbons (Fsp3) is 0.286. The Morgan fingerprint density at radius 3 is 2.20 bits per heavy atom. The first kappa shape index (κ1) is 36.8. The van der Waals surface area contributed by atoms with Gasteiger partial charge in [0.15, 0.2) is 28.9 Å². The van der Waals surface area contributed by atoms with Crippen molar-refractivity contribution in [2.45, 2.75) is 32.9 Å². The molecule has 0 saturated carbocycles. The van der Waals surface area contributed by atoms with Crippen molar-refractivity contribution < 1.29 is 42.9 Å². The Morgan fingerprint density at radius 1 is 1.04 bits per heavy atom. The number of amides is 1. The van der Waals surface area contributed by atoms with Crippen molar-refractivity contribution >= 4 is 52.6 Å². The summed E-state index contributed by atoms with van der Waals surface area (Å²) in [6.45, 7) is 5.74. The minimum Gasteiger partial charge on any atom is -0.492 e. The highest BCUT2D eigenvalue weighted by molar-refractivity contribution is 6.35. The molecule has 8 N–H and O–H groups in total. The van der Waals surface area contributed by atoms with Gasteiger partial charge >= 0.3 is 11.9 Å². The van der Waals surface area contributed by atoms with Gasteiger partial charge in [0.05, 0.1) is 40.7 Å². The first-order valence-corrected chi connectivity index (χ1v) is 13.4. The van der Waals surface area contributed by atoms with Gasteiger partial charge in [0.1, 0.15) is 16.9 Å². The molecule has 17 heteroatoms. The number of carbonyl (C=O) groups is 3. The summed E-state index contributed by atoms with van der Waals surface area (Å²) in [6, 6.07) is 5.41. The van der Waals surface area contributed by atoms with Crippen molar-refractivity contribution in [3.05, 3.63) is 68.6 Å². The van der Waals surface area contributed by atoms with E-state index in [1.54, 1.807) is 13.0 Å². The number of aromatic nitrogens is 2. The molecule has 45 heavy (non-hydrogen) atoms. The zero-order valence-corrected chi connectivity index (χ0v) is 26.2. The molecule has 13 nitrogen and oxygen atoms in total. The summed E-state index contributed by atoms with van der Waals surface area (Å²) < 4.78 is 38.3. The van der Waals surface area contributed by atoms with Crippen LogP contribution < -0.4 is 21.9 Å². The average Bonchev–Trinajstić information content (AvgIpc) is 3.28. The van der Waals surface area contributed by atoms with E-state index in [1.807, 2.05) is 13.8 Å². The maximum Gasteiger partial charge on any atom is 0.356 e. The van der Waals surface area contributed by atoms with Gasteiger partial charge in [0, 0.05) is 12.7 Å². The van der Waals surface area contributed by atoms with Crippen LogP contribution in [-0.4, -0.2) is 63.6 Å². The number of methoxy groups -OCH3 is 2. The number of pyridine rings is 2. The number of hydrogen-bond acceptors (Lipinski definition) is 10. The van der Waals surface area contributed by atoms with Gasteiger partial charge in [0.2, 0.25) is 0 Å². The number of carboxylic acid groups (broad SMARTS) is 2. The lowest BCUT2D eigenvalue weighted by Crippen LogP contribution is -2.41. The normalized spacial score (nSPS) is 15.4. The molecule has 1 atom stereocenters. The lowest BCUT2D eigenvalue weighted by atomic mass is 9.89. The van der Waals surface area contributed by atoms with Crippen LogP contribution >= 0.6 is 23.2 Å². The van der Waals surface area contributed by atoms with Crippen LogP contribution in [0, 0.1) is 17.6 Å². The maximum atomic E-state index is 14.3. The molecule has 242 valence electrons. The Hall–Kier alpha value is -4.44. The molecule has 0 bridgehead atoms. The molecule has 2 aromatic heterocycles. The van der Waals surface area contributed by atoms with E-state index in [-0.39, 0.29) is 58.0 Å². The van der Waals surface area contributed by atoms with Crippen LogP contribution in [0.1, 0.15) is 53.0 Å². The fourth-order valence-corrected chi connectivity index (χ4v) is 4.34. The molecular formula is C28H30Cl2F2N6O7. The molecule has 1 aromatic carbocycles. The summed E-state index contributed by atoms with van der Waals surface area (Å²) in [4.78, 5) is 46.9. The van der Waals surface area contributed by atoms with Crippen LogP contribution in [-0.2, 0) is 16.1 Å². The predicted octanol–water partition coefficient (Wildman–Crippen LogP) is 5.00. The van der Waals surface area contributed by atoms with Crippen molar-refractivity contribution in [1.82, 2.24) is 21.4 Å². The van der Waals surface area contributed by atoms with Gasteiger partial charge in [-0.25, -0.2) is 33.3 Å². The molecule has 1 aliphatic heterocycles. The number of ether oxygens (including phenoxy) is 2. The van der Waals surface area contributed by atoms with Crippen LogP contribution in [0.4, 0.5) is 14.5 Å². The number of carbonyl (C=O) groups excluding carboxylic acids is 1. The van der Waals surface area contributed by atoms with Gasteiger partial charge in [-0.2, -0.15) is 0 Å². The molecule has 0 spiro atoms. The molecule has 0 radical (unpaired) electrons. The number of carboxylic acids is 2. The Morgan fingerprint density at radius 2 is 1.69 bits per heavy atom. The molecular weight excluding hydrogens is 641 g/mol. The smallest absolute Gasteiger partial charge is 0.356 e. The van der Waals surface area contributed by atoms with Gasteiger partial charge in [0.25, 0.3) is 5.91 Å². The number of nitrogens with zero attached hydrogens (tertiary/aromatic N) is 3. The number of rotatable bonds is 8. The summed E-state index contributed by atoms with van der Waals surface area (Å²) >= 11 is 11.4. The topological polar surface area (TPSA) is 221 Å². The number of nitrogens with two attached hydrogens (primary N) is 1. The zero-order chi connectivity index (χ0) is 33.1. The van der Waals surface area contributed by atoms with Gasteiger partial charge < -0.3 is 36.9 Å². The average molecular weight is 671 g/mol. The summed E-state index contributed by atoms with van der Waals surface area (Å²) in [7, 11) is 2.70. The molecule has 3 aromatic rings. The highest BCUT2D eigenvalue weighted by Crippen LogP contribution is 2.38. The van der Waals surface area contributed by atoms with E-state index in [9.17, 15) is 28.3 Å². The second-order valence-corrected chi connectivity index (χ2v) is 10.5. The molecule has 1 aliphatic rings. The third kappa shape index (κ3) is 7.28. The molecule has 3 heterocycles. The van der Waals surface area contributed by atoms with Crippen LogP contribution in [0.15, 0.2) is 29.3 Å². The highest BCUT2D eigenvalue weighted by Gasteiger charge is 2.43. The van der Waals surface area contributed by atoms with Crippen molar-refractivity contribution in [2.75, 3.05) is 20.0 Å². The summed E-state index contributed by atoms with van der Waals surface area (Å²) in [5, 5.41) is 20.4. The van der Waals surface area contributed by atoms with E-state index in [0.717, 1.165) is 6.07 Å². The predicted molar refractivity (Wildman–Crippen MR) is 162 cm³/mol. The standard InChI is InChI=1S/C15H19N3O4.C13H8Cl2F2N2O3.H3N/c1-8(2)15(3)14(21)17-12(18-15)11-10(13(19)20)6-5-9(16-11)7-22-4;1-22-12-5(14)3-2-4(7(12)16)10-8(17)9(18)6(15)11(19-10)13(20)21;/h5-6,8H,7H2,1-4H3,(H,19,20)(H,17,18,21);2-3H,1H3,(H2,18,19)(H,20,21);1H3. The van der Waals surface area contributed by atoms with E-state index >= 15 is 0 Å². The number of amidine groups is 1. The van der Waals surface area contributed by atoms with Crippen molar-refractivity contribution in [3.63, 3.8) is 0 Å². The first-order valence-electron chi connectivity index (χ1n) is 12.6. The maximum absolute atomic E-state index is 14.3. The Bertz CT molecular complexity index is 1690. The lowest BCUT2D eigenvalue weighted by Gasteiger charge is -2.21. The number of nitrogen functional groups attached to an aromatic ring is 1. The summed E-state index contributed by atoms with van der Waals surface area (Å²) in [6.07, 6.45) is 0. The Labute approximate surface area is 266 Å². The molecule has 4 rings (SSSR count). The third-order valence-corrected chi connectivity index (χ3v) is 7.36. The van der Waals surface area contributed by atoms with Crippen molar-refractivity contribution in [3.8, 4) is 17.0 Å². The summed E-state index contributed by atoms with van der Waals surface area (Å²) in [5.74, 6) is -5.21. The lowest BCUT2D eigenvalue weighted by molar-refractivity contribution is -0.124. The molecule has 0 saturated heterocycles. The zero-order valence-electron chi connectivity index (χ0n) is 24.7. The second kappa shape index (κ2) is 14.6. The number of aliphatic imine (C=N–C) groups is 1. The second-order valence-electron chi connectivity index (χ2n) is 9.75. The molecule has 0 fully saturated rings. The minimum absolute atomic E-state index is 0. The third-order valence-electron chi connectivity index (χ3n) is 6.68. The van der Waals surface area contributed by atoms with Gasteiger partial charge in [-0.15, -0.1) is 0 Å². The fourth-order valence-electron chi connectivity index (χ4n) is 3.91. The molecule has 1 unspecified atom stereocenters. The van der Waals surface area contributed by atoms with Gasteiger partial charge in [-0.3, -0.25) is 4.79 Å². The quantitative estimate of drug-likeness (QED) is 0.214. The number of aromatic carboxylic acids is 2. The number of benzene rings is 1. The van der Waals surface area contributed by atoms with Gasteiger partial charge in [-0.05, 0) is 37.1 Å². The van der Waals surface area contributed by atoms with Crippen LogP contribution in [0.2, 0.25) is 10.0 Å². The number of hydrogen-bond donors (Lipinski definition) is 5. The minimum atomic E-state index is -1.53. The van der Waals surface area contributed by atoms with Crippen LogP contribution in [0.25, 0.3) is 11.3 Å². The Balaban J connectivity index is 0.000000307. The number of halogens is 4. The first-order chi connectivity index (χ1) is 20.6. The monoisotopic (exact) mass is 670 g/mol. The SMILES string of the molecule is COCc1ccc(C(=O)O)c(C2=NC(C)(C(C)C)C(=O)N2)n1.COc1c(Cl)ccc(-c2nc(C(=O)O)c(Cl)c(N)c2F)c1F.N. The van der Waals surface area contributed by atoms with E-state index in [2.05, 4.69) is 20.3 Å². The van der Waals surface area contributed by atoms with Crippen molar-refractivity contribution in [1.29, 1.82) is 0 Å². The summed E-state index contributed by atoms with van der Waals surface area (Å²) in [5.41, 5.74) is 2.91.